The standard InChI is InChI=1S/C19H29NO5/c1-13(2)16(20(6)18(22)25-19(3,4)5)12-24-15-10-8-9-14(11-15)17(21)23-7/h8-11,13,16H,12H2,1-7H3/t16-/m1/s1. The molecule has 140 valence electrons. The Kier molecular flexibility index (Phi) is 7.27. The van der Waals surface area contributed by atoms with E-state index in [4.69, 9.17) is 14.2 Å². The molecule has 1 atom stereocenters. The van der Waals surface area contributed by atoms with Crippen LogP contribution in [0.5, 0.6) is 5.75 Å². The molecule has 1 rings (SSSR count). The first-order valence-electron chi connectivity index (χ1n) is 8.32. The number of carbonyl (C=O) groups excluding carboxylic acids is 2. The van der Waals surface area contributed by atoms with Crippen molar-refractivity contribution in [1.82, 2.24) is 4.90 Å². The molecule has 0 saturated carbocycles. The van der Waals surface area contributed by atoms with Crippen molar-refractivity contribution >= 4 is 12.1 Å². The monoisotopic (exact) mass is 351 g/mol. The molecule has 0 saturated heterocycles. The summed E-state index contributed by atoms with van der Waals surface area (Å²) in [6.45, 7) is 9.81. The summed E-state index contributed by atoms with van der Waals surface area (Å²) < 4.78 is 15.9. The van der Waals surface area contributed by atoms with Gasteiger partial charge in [0.1, 0.15) is 18.0 Å². The molecule has 6 nitrogen and oxygen atoms in total. The molecule has 0 radical (unpaired) electrons. The Morgan fingerprint density at radius 1 is 1.20 bits per heavy atom. The van der Waals surface area contributed by atoms with E-state index >= 15 is 0 Å². The van der Waals surface area contributed by atoms with E-state index in [1.807, 2.05) is 34.6 Å². The van der Waals surface area contributed by atoms with Crippen molar-refractivity contribution in [3.05, 3.63) is 29.8 Å². The number of nitrogens with zero attached hydrogens (tertiary/aromatic N) is 1. The van der Waals surface area contributed by atoms with Crippen LogP contribution in [0.15, 0.2) is 24.3 Å². The Hall–Kier alpha value is -2.24. The van der Waals surface area contributed by atoms with Gasteiger partial charge in [0, 0.05) is 7.05 Å². The summed E-state index contributed by atoms with van der Waals surface area (Å²) in [5, 5.41) is 0. The molecule has 0 bridgehead atoms. The number of likely N-dealkylation sites (N-methyl/N-ethyl adjacent to an activating group) is 1. The molecule has 0 aliphatic carbocycles. The third-order valence-corrected chi connectivity index (χ3v) is 3.62. The second-order valence-corrected chi connectivity index (χ2v) is 7.23. The fourth-order valence-electron chi connectivity index (χ4n) is 2.23. The molecule has 0 heterocycles. The van der Waals surface area contributed by atoms with E-state index in [-0.39, 0.29) is 18.6 Å². The summed E-state index contributed by atoms with van der Waals surface area (Å²) in [6.07, 6.45) is -0.391. The number of hydrogen-bond acceptors (Lipinski definition) is 5. The van der Waals surface area contributed by atoms with Crippen molar-refractivity contribution in [3.63, 3.8) is 0 Å². The molecule has 0 aromatic heterocycles. The fraction of sp³-hybridized carbons (Fsp3) is 0.579. The van der Waals surface area contributed by atoms with Crippen LogP contribution in [0.3, 0.4) is 0 Å². The van der Waals surface area contributed by atoms with Gasteiger partial charge in [-0.2, -0.15) is 0 Å². The van der Waals surface area contributed by atoms with E-state index < -0.39 is 17.7 Å². The zero-order valence-electron chi connectivity index (χ0n) is 16.2. The molecular formula is C19H29NO5. The average Bonchev–Trinajstić information content (AvgIpc) is 2.52. The van der Waals surface area contributed by atoms with Gasteiger partial charge in [0.15, 0.2) is 0 Å². The number of hydrogen-bond donors (Lipinski definition) is 0. The van der Waals surface area contributed by atoms with E-state index in [0.29, 0.717) is 11.3 Å². The maximum absolute atomic E-state index is 12.3. The van der Waals surface area contributed by atoms with Crippen LogP contribution in [0, 0.1) is 5.92 Å². The van der Waals surface area contributed by atoms with E-state index in [0.717, 1.165) is 0 Å². The van der Waals surface area contributed by atoms with Crippen LogP contribution in [-0.2, 0) is 9.47 Å². The van der Waals surface area contributed by atoms with Gasteiger partial charge in [-0.15, -0.1) is 0 Å². The number of rotatable bonds is 6. The van der Waals surface area contributed by atoms with Gasteiger partial charge < -0.3 is 19.1 Å². The van der Waals surface area contributed by atoms with Gasteiger partial charge in [-0.1, -0.05) is 19.9 Å². The second kappa shape index (κ2) is 8.74. The maximum Gasteiger partial charge on any atom is 0.410 e. The molecule has 0 N–H and O–H groups in total. The highest BCUT2D eigenvalue weighted by atomic mass is 16.6. The van der Waals surface area contributed by atoms with E-state index in [1.54, 1.807) is 36.2 Å². The highest BCUT2D eigenvalue weighted by Crippen LogP contribution is 2.18. The van der Waals surface area contributed by atoms with Gasteiger partial charge in [-0.3, -0.25) is 0 Å². The summed E-state index contributed by atoms with van der Waals surface area (Å²) in [5.41, 5.74) is -0.135. The third-order valence-electron chi connectivity index (χ3n) is 3.62. The predicted molar refractivity (Wildman–Crippen MR) is 95.9 cm³/mol. The summed E-state index contributed by atoms with van der Waals surface area (Å²) in [6, 6.07) is 6.60. The number of benzene rings is 1. The summed E-state index contributed by atoms with van der Waals surface area (Å²) in [7, 11) is 3.04. The van der Waals surface area contributed by atoms with E-state index in [9.17, 15) is 9.59 Å². The Bertz CT molecular complexity index is 592. The van der Waals surface area contributed by atoms with Gasteiger partial charge >= 0.3 is 12.1 Å². The van der Waals surface area contributed by atoms with Crippen LogP contribution in [-0.4, -0.2) is 49.4 Å². The van der Waals surface area contributed by atoms with Gasteiger partial charge in [0.05, 0.1) is 18.7 Å². The van der Waals surface area contributed by atoms with Crippen LogP contribution in [0.2, 0.25) is 0 Å². The van der Waals surface area contributed by atoms with Crippen molar-refractivity contribution in [1.29, 1.82) is 0 Å². The van der Waals surface area contributed by atoms with Crippen LogP contribution in [0.4, 0.5) is 4.79 Å². The Morgan fingerprint density at radius 2 is 1.84 bits per heavy atom. The van der Waals surface area contributed by atoms with Crippen LogP contribution in [0.25, 0.3) is 0 Å². The topological polar surface area (TPSA) is 65.1 Å². The van der Waals surface area contributed by atoms with Crippen molar-refractivity contribution in [2.24, 2.45) is 5.92 Å². The maximum atomic E-state index is 12.3. The molecule has 1 aromatic carbocycles. The number of esters is 1. The van der Waals surface area contributed by atoms with Crippen molar-refractivity contribution in [2.75, 3.05) is 20.8 Å². The number of ether oxygens (including phenoxy) is 3. The van der Waals surface area contributed by atoms with Crippen molar-refractivity contribution in [2.45, 2.75) is 46.3 Å². The first-order chi connectivity index (χ1) is 11.5. The molecule has 1 aromatic rings. The summed E-state index contributed by atoms with van der Waals surface area (Å²) in [4.78, 5) is 25.4. The minimum absolute atomic E-state index is 0.168. The van der Waals surface area contributed by atoms with Gasteiger partial charge in [0.2, 0.25) is 0 Å². The Labute approximate surface area is 150 Å². The molecule has 25 heavy (non-hydrogen) atoms. The first kappa shape index (κ1) is 20.8. The smallest absolute Gasteiger partial charge is 0.410 e. The van der Waals surface area contributed by atoms with Gasteiger partial charge in [-0.25, -0.2) is 9.59 Å². The normalized spacial score (nSPS) is 12.5. The lowest BCUT2D eigenvalue weighted by Crippen LogP contribution is -2.46. The lowest BCUT2D eigenvalue weighted by Gasteiger charge is -2.32. The molecule has 0 fully saturated rings. The quantitative estimate of drug-likeness (QED) is 0.731. The molecule has 6 heteroatoms. The number of carbonyl (C=O) groups is 2. The lowest BCUT2D eigenvalue weighted by atomic mass is 10.0. The zero-order valence-corrected chi connectivity index (χ0v) is 16.2. The minimum atomic E-state index is -0.553. The van der Waals surface area contributed by atoms with E-state index in [2.05, 4.69) is 0 Å². The predicted octanol–water partition coefficient (Wildman–Crippen LogP) is 3.74. The van der Waals surface area contributed by atoms with Gasteiger partial charge in [-0.05, 0) is 44.9 Å². The number of amides is 1. The van der Waals surface area contributed by atoms with Crippen LogP contribution >= 0.6 is 0 Å². The van der Waals surface area contributed by atoms with Crippen molar-refractivity contribution in [3.8, 4) is 5.75 Å². The highest BCUT2D eigenvalue weighted by Gasteiger charge is 2.28. The SMILES string of the molecule is COC(=O)c1cccc(OC[C@H](C(C)C)N(C)C(=O)OC(C)(C)C)c1. The average molecular weight is 351 g/mol. The highest BCUT2D eigenvalue weighted by molar-refractivity contribution is 5.89. The molecule has 0 spiro atoms. The Morgan fingerprint density at radius 3 is 2.36 bits per heavy atom. The summed E-state index contributed by atoms with van der Waals surface area (Å²) in [5.74, 6) is 0.296. The lowest BCUT2D eigenvalue weighted by molar-refractivity contribution is 0.0120. The largest absolute Gasteiger partial charge is 0.491 e. The molecule has 0 unspecified atom stereocenters. The summed E-state index contributed by atoms with van der Waals surface area (Å²) >= 11 is 0. The minimum Gasteiger partial charge on any atom is -0.491 e. The van der Waals surface area contributed by atoms with Crippen LogP contribution in [0.1, 0.15) is 45.0 Å². The molecule has 1 amide bonds. The first-order valence-corrected chi connectivity index (χ1v) is 8.32. The number of methoxy groups -OCH3 is 1. The second-order valence-electron chi connectivity index (χ2n) is 7.23. The third kappa shape index (κ3) is 6.64. The zero-order chi connectivity index (χ0) is 19.2. The van der Waals surface area contributed by atoms with Crippen molar-refractivity contribution < 1.29 is 23.8 Å². The van der Waals surface area contributed by atoms with Gasteiger partial charge in [0.25, 0.3) is 0 Å². The molecule has 0 aliphatic rings. The molecular weight excluding hydrogens is 322 g/mol. The van der Waals surface area contributed by atoms with Crippen LogP contribution < -0.4 is 4.74 Å². The fourth-order valence-corrected chi connectivity index (χ4v) is 2.23. The van der Waals surface area contributed by atoms with E-state index in [1.165, 1.54) is 7.11 Å². The Balaban J connectivity index is 2.79. The molecule has 0 aliphatic heterocycles.